The van der Waals surface area contributed by atoms with Crippen molar-refractivity contribution in [2.75, 3.05) is 19.6 Å². The van der Waals surface area contributed by atoms with Gasteiger partial charge in [0.2, 0.25) is 0 Å². The lowest BCUT2D eigenvalue weighted by Crippen LogP contribution is -2.31. The highest BCUT2D eigenvalue weighted by Gasteiger charge is 2.10. The maximum Gasteiger partial charge on any atom is 0.0345 e. The molecule has 1 unspecified atom stereocenters. The molecule has 1 heterocycles. The topological polar surface area (TPSA) is 29.3 Å². The summed E-state index contributed by atoms with van der Waals surface area (Å²) in [6.45, 7) is 7.76. The molecule has 0 spiro atoms. The summed E-state index contributed by atoms with van der Waals surface area (Å²) in [6.07, 6.45) is 2.07. The Morgan fingerprint density at radius 3 is 2.68 bits per heavy atom. The van der Waals surface area contributed by atoms with Gasteiger partial charge in [0.15, 0.2) is 0 Å². The third kappa shape index (κ3) is 3.78. The Hall–Kier alpha value is -0.900. The molecular formula is C16H24N2S. The first-order valence-corrected chi connectivity index (χ1v) is 8.05. The van der Waals surface area contributed by atoms with Gasteiger partial charge in [-0.15, -0.1) is 11.3 Å². The van der Waals surface area contributed by atoms with E-state index in [9.17, 15) is 0 Å². The summed E-state index contributed by atoms with van der Waals surface area (Å²) < 4.78 is 1.37. The van der Waals surface area contributed by atoms with Gasteiger partial charge in [0.1, 0.15) is 0 Å². The van der Waals surface area contributed by atoms with E-state index in [0.717, 1.165) is 32.5 Å². The molecule has 0 aliphatic carbocycles. The van der Waals surface area contributed by atoms with E-state index in [2.05, 4.69) is 48.4 Å². The fourth-order valence-corrected chi connectivity index (χ4v) is 3.44. The van der Waals surface area contributed by atoms with Crippen molar-refractivity contribution in [2.45, 2.75) is 32.7 Å². The lowest BCUT2D eigenvalue weighted by atomic mass is 10.0. The van der Waals surface area contributed by atoms with E-state index < -0.39 is 0 Å². The number of hydrogen-bond donors (Lipinski definition) is 1. The van der Waals surface area contributed by atoms with Crippen LogP contribution in [0.25, 0.3) is 10.1 Å². The largest absolute Gasteiger partial charge is 0.327 e. The summed E-state index contributed by atoms with van der Waals surface area (Å²) in [5, 5.41) is 3.65. The van der Waals surface area contributed by atoms with Crippen LogP contribution in [0.5, 0.6) is 0 Å². The Balaban J connectivity index is 1.93. The molecule has 0 amide bonds. The molecule has 0 saturated carbocycles. The van der Waals surface area contributed by atoms with E-state index in [1.54, 1.807) is 0 Å². The average molecular weight is 276 g/mol. The Bertz CT molecular complexity index is 502. The Morgan fingerprint density at radius 2 is 1.95 bits per heavy atom. The van der Waals surface area contributed by atoms with Gasteiger partial charge in [-0.1, -0.05) is 32.0 Å². The highest BCUT2D eigenvalue weighted by Crippen LogP contribution is 2.26. The van der Waals surface area contributed by atoms with Crippen LogP contribution >= 0.6 is 11.3 Å². The molecule has 1 aromatic heterocycles. The van der Waals surface area contributed by atoms with Crippen LogP contribution in [0.4, 0.5) is 0 Å². The molecule has 0 aliphatic heterocycles. The van der Waals surface area contributed by atoms with Gasteiger partial charge in [-0.05, 0) is 54.9 Å². The Labute approximate surface area is 120 Å². The SMILES string of the molecule is CCN(CC)CCC(N)Cc1csc2ccccc12. The summed E-state index contributed by atoms with van der Waals surface area (Å²) in [6, 6.07) is 8.87. The fourth-order valence-electron chi connectivity index (χ4n) is 2.46. The van der Waals surface area contributed by atoms with Crippen molar-refractivity contribution >= 4 is 21.4 Å². The van der Waals surface area contributed by atoms with Crippen molar-refractivity contribution in [1.82, 2.24) is 4.90 Å². The second kappa shape index (κ2) is 7.04. The summed E-state index contributed by atoms with van der Waals surface area (Å²) in [7, 11) is 0. The van der Waals surface area contributed by atoms with Crippen molar-refractivity contribution in [3.05, 3.63) is 35.2 Å². The fraction of sp³-hybridized carbons (Fsp3) is 0.500. The van der Waals surface area contributed by atoms with Gasteiger partial charge >= 0.3 is 0 Å². The maximum atomic E-state index is 6.29. The first-order chi connectivity index (χ1) is 9.24. The van der Waals surface area contributed by atoms with Crippen molar-refractivity contribution in [1.29, 1.82) is 0 Å². The van der Waals surface area contributed by atoms with Gasteiger partial charge in [-0.3, -0.25) is 0 Å². The smallest absolute Gasteiger partial charge is 0.0345 e. The van der Waals surface area contributed by atoms with Gasteiger partial charge in [-0.25, -0.2) is 0 Å². The van der Waals surface area contributed by atoms with Crippen LogP contribution in [0.3, 0.4) is 0 Å². The average Bonchev–Trinajstić information content (AvgIpc) is 2.83. The monoisotopic (exact) mass is 276 g/mol. The van der Waals surface area contributed by atoms with Crippen molar-refractivity contribution < 1.29 is 0 Å². The van der Waals surface area contributed by atoms with Crippen LogP contribution in [-0.2, 0) is 6.42 Å². The highest BCUT2D eigenvalue weighted by atomic mass is 32.1. The second-order valence-electron chi connectivity index (χ2n) is 5.04. The van der Waals surface area contributed by atoms with Gasteiger partial charge in [0, 0.05) is 10.7 Å². The predicted octanol–water partition coefficient (Wildman–Crippen LogP) is 3.50. The highest BCUT2D eigenvalue weighted by molar-refractivity contribution is 7.17. The van der Waals surface area contributed by atoms with Crippen LogP contribution in [0.2, 0.25) is 0 Å². The zero-order valence-electron chi connectivity index (χ0n) is 11.9. The molecule has 1 aromatic carbocycles. The molecule has 3 heteroatoms. The van der Waals surface area contributed by atoms with E-state index in [1.807, 2.05) is 11.3 Å². The van der Waals surface area contributed by atoms with E-state index in [1.165, 1.54) is 15.6 Å². The molecule has 0 saturated heterocycles. The molecule has 0 fully saturated rings. The zero-order valence-corrected chi connectivity index (χ0v) is 12.7. The van der Waals surface area contributed by atoms with Gasteiger partial charge in [0.05, 0.1) is 0 Å². The molecule has 19 heavy (non-hydrogen) atoms. The van der Waals surface area contributed by atoms with E-state index >= 15 is 0 Å². The minimum Gasteiger partial charge on any atom is -0.327 e. The number of thiophene rings is 1. The summed E-state index contributed by atoms with van der Waals surface area (Å²) >= 11 is 1.82. The summed E-state index contributed by atoms with van der Waals surface area (Å²) in [5.74, 6) is 0. The standard InChI is InChI=1S/C16H24N2S/c1-3-18(4-2)10-9-14(17)11-13-12-19-16-8-6-5-7-15(13)16/h5-8,12,14H,3-4,9-11,17H2,1-2H3. The van der Waals surface area contributed by atoms with Gasteiger partial charge in [0.25, 0.3) is 0 Å². The number of benzene rings is 1. The molecular weight excluding hydrogens is 252 g/mol. The number of nitrogens with two attached hydrogens (primary N) is 1. The lowest BCUT2D eigenvalue weighted by Gasteiger charge is -2.20. The van der Waals surface area contributed by atoms with E-state index in [4.69, 9.17) is 5.73 Å². The normalized spacial score (nSPS) is 13.3. The van der Waals surface area contributed by atoms with Crippen LogP contribution in [0, 0.1) is 0 Å². The van der Waals surface area contributed by atoms with Crippen LogP contribution in [0.1, 0.15) is 25.8 Å². The lowest BCUT2D eigenvalue weighted by molar-refractivity contribution is 0.290. The zero-order chi connectivity index (χ0) is 13.7. The molecule has 0 aliphatic rings. The van der Waals surface area contributed by atoms with E-state index in [-0.39, 0.29) is 6.04 Å². The third-order valence-electron chi connectivity index (χ3n) is 3.75. The van der Waals surface area contributed by atoms with Crippen LogP contribution in [0.15, 0.2) is 29.6 Å². The molecule has 0 bridgehead atoms. The molecule has 2 rings (SSSR count). The molecule has 2 aromatic rings. The van der Waals surface area contributed by atoms with Gasteiger partial charge in [-0.2, -0.15) is 0 Å². The van der Waals surface area contributed by atoms with Crippen molar-refractivity contribution in [3.8, 4) is 0 Å². The Morgan fingerprint density at radius 1 is 1.21 bits per heavy atom. The molecule has 104 valence electrons. The van der Waals surface area contributed by atoms with Gasteiger partial charge < -0.3 is 10.6 Å². The minimum absolute atomic E-state index is 0.263. The van der Waals surface area contributed by atoms with Crippen LogP contribution in [-0.4, -0.2) is 30.6 Å². The first-order valence-electron chi connectivity index (χ1n) is 7.17. The van der Waals surface area contributed by atoms with Crippen molar-refractivity contribution in [3.63, 3.8) is 0 Å². The summed E-state index contributed by atoms with van der Waals surface area (Å²) in [4.78, 5) is 2.44. The number of hydrogen-bond acceptors (Lipinski definition) is 3. The number of fused-ring (bicyclic) bond motifs is 1. The predicted molar refractivity (Wildman–Crippen MR) is 85.9 cm³/mol. The number of nitrogens with zero attached hydrogens (tertiary/aromatic N) is 1. The molecule has 1 atom stereocenters. The third-order valence-corrected chi connectivity index (χ3v) is 4.77. The van der Waals surface area contributed by atoms with Crippen LogP contribution < -0.4 is 5.73 Å². The first kappa shape index (κ1) is 14.5. The van der Waals surface area contributed by atoms with E-state index in [0.29, 0.717) is 0 Å². The molecule has 0 radical (unpaired) electrons. The quantitative estimate of drug-likeness (QED) is 0.838. The second-order valence-corrected chi connectivity index (χ2v) is 5.95. The molecule has 2 nitrogen and oxygen atoms in total. The molecule has 2 N–H and O–H groups in total. The minimum atomic E-state index is 0.263. The van der Waals surface area contributed by atoms with Crippen molar-refractivity contribution in [2.24, 2.45) is 5.73 Å². The number of rotatable bonds is 7. The Kier molecular flexibility index (Phi) is 5.37. The maximum absolute atomic E-state index is 6.29. The summed E-state index contributed by atoms with van der Waals surface area (Å²) in [5.41, 5.74) is 7.70.